The average Bonchev–Trinajstić information content (AvgIpc) is 2.74. The fraction of sp³-hybridized carbons (Fsp3) is 0.300. The van der Waals surface area contributed by atoms with E-state index in [0.29, 0.717) is 49.7 Å². The van der Waals surface area contributed by atoms with Crippen molar-refractivity contribution in [2.24, 2.45) is 0 Å². The van der Waals surface area contributed by atoms with Crippen molar-refractivity contribution in [1.82, 2.24) is 9.88 Å². The third-order valence-electron chi connectivity index (χ3n) is 4.42. The minimum absolute atomic E-state index is 0.292. The van der Waals surface area contributed by atoms with Crippen molar-refractivity contribution < 1.29 is 14.3 Å². The molecule has 1 aliphatic rings. The molecular weight excluding hydrogens is 358 g/mol. The number of hydrogen-bond acceptors (Lipinski definition) is 6. The van der Waals surface area contributed by atoms with Gasteiger partial charge in [-0.25, -0.2) is 4.79 Å². The molecule has 0 spiro atoms. The molecule has 0 aliphatic carbocycles. The predicted octanol–water partition coefficient (Wildman–Crippen LogP) is 2.48. The fourth-order valence-corrected chi connectivity index (χ4v) is 2.93. The molecule has 144 valence electrons. The first kappa shape index (κ1) is 19.2. The van der Waals surface area contributed by atoms with Crippen molar-refractivity contribution in [3.63, 3.8) is 0 Å². The average molecular weight is 379 g/mol. The Bertz CT molecular complexity index is 883. The summed E-state index contributed by atoms with van der Waals surface area (Å²) in [6, 6.07) is 12.3. The summed E-state index contributed by atoms with van der Waals surface area (Å²) in [6.07, 6.45) is 1.31. The number of nitriles is 1. The highest BCUT2D eigenvalue weighted by atomic mass is 16.6. The first-order chi connectivity index (χ1) is 13.6. The maximum absolute atomic E-state index is 12.5. The van der Waals surface area contributed by atoms with Crippen LogP contribution in [0.4, 0.5) is 16.2 Å². The van der Waals surface area contributed by atoms with Gasteiger partial charge in [-0.15, -0.1) is 0 Å². The Morgan fingerprint density at radius 3 is 2.54 bits per heavy atom. The largest absolute Gasteiger partial charge is 0.450 e. The van der Waals surface area contributed by atoms with Crippen LogP contribution in [0.1, 0.15) is 23.0 Å². The van der Waals surface area contributed by atoms with Crippen molar-refractivity contribution in [3.05, 3.63) is 53.9 Å². The molecule has 2 amide bonds. The minimum atomic E-state index is -0.322. The molecule has 0 radical (unpaired) electrons. The molecule has 1 aliphatic heterocycles. The third kappa shape index (κ3) is 4.57. The fourth-order valence-electron chi connectivity index (χ4n) is 2.93. The number of anilines is 2. The summed E-state index contributed by atoms with van der Waals surface area (Å²) < 4.78 is 5.03. The van der Waals surface area contributed by atoms with Crippen LogP contribution in [-0.4, -0.2) is 54.7 Å². The summed E-state index contributed by atoms with van der Waals surface area (Å²) >= 11 is 0. The van der Waals surface area contributed by atoms with Crippen molar-refractivity contribution in [3.8, 4) is 6.07 Å². The quantitative estimate of drug-likeness (QED) is 0.876. The van der Waals surface area contributed by atoms with Gasteiger partial charge in [-0.3, -0.25) is 9.78 Å². The molecule has 8 nitrogen and oxygen atoms in total. The van der Waals surface area contributed by atoms with Crippen LogP contribution in [0.3, 0.4) is 0 Å². The summed E-state index contributed by atoms with van der Waals surface area (Å²) in [5.74, 6) is -0.322. The van der Waals surface area contributed by atoms with E-state index in [0.717, 1.165) is 5.69 Å². The van der Waals surface area contributed by atoms with Gasteiger partial charge in [0.25, 0.3) is 5.91 Å². The first-order valence-electron chi connectivity index (χ1n) is 9.05. The van der Waals surface area contributed by atoms with E-state index >= 15 is 0 Å². The van der Waals surface area contributed by atoms with Crippen LogP contribution >= 0.6 is 0 Å². The molecule has 0 saturated carbocycles. The molecule has 1 N–H and O–H groups in total. The van der Waals surface area contributed by atoms with E-state index in [1.807, 2.05) is 12.1 Å². The lowest BCUT2D eigenvalue weighted by Gasteiger charge is -2.35. The zero-order valence-corrected chi connectivity index (χ0v) is 15.6. The number of ether oxygens (including phenoxy) is 1. The van der Waals surface area contributed by atoms with Crippen LogP contribution in [0.2, 0.25) is 0 Å². The molecule has 1 aromatic heterocycles. The van der Waals surface area contributed by atoms with E-state index in [1.54, 1.807) is 48.4 Å². The SMILES string of the molecule is CCOC(=O)N1CCN(c2ccnc(C(=O)Nc3ccc(C#N)cc3)c2)CC1. The Labute approximate surface area is 163 Å². The van der Waals surface area contributed by atoms with Gasteiger partial charge in [0.05, 0.1) is 18.2 Å². The molecule has 1 aromatic carbocycles. The van der Waals surface area contributed by atoms with Crippen molar-refractivity contribution in [2.75, 3.05) is 43.0 Å². The van der Waals surface area contributed by atoms with E-state index in [9.17, 15) is 9.59 Å². The van der Waals surface area contributed by atoms with Gasteiger partial charge < -0.3 is 19.9 Å². The molecule has 3 rings (SSSR count). The first-order valence-corrected chi connectivity index (χ1v) is 9.05. The van der Waals surface area contributed by atoms with Crippen LogP contribution in [-0.2, 0) is 4.74 Å². The number of rotatable bonds is 4. The van der Waals surface area contributed by atoms with Crippen LogP contribution in [0, 0.1) is 11.3 Å². The Kier molecular flexibility index (Phi) is 6.07. The van der Waals surface area contributed by atoms with Gasteiger partial charge in [-0.2, -0.15) is 5.26 Å². The third-order valence-corrected chi connectivity index (χ3v) is 4.42. The van der Waals surface area contributed by atoms with E-state index in [2.05, 4.69) is 15.2 Å². The monoisotopic (exact) mass is 379 g/mol. The smallest absolute Gasteiger partial charge is 0.409 e. The van der Waals surface area contributed by atoms with Crippen LogP contribution in [0.15, 0.2) is 42.6 Å². The number of nitrogens with one attached hydrogen (secondary N) is 1. The van der Waals surface area contributed by atoms with Crippen molar-refractivity contribution in [2.45, 2.75) is 6.92 Å². The number of piperazine rings is 1. The minimum Gasteiger partial charge on any atom is -0.450 e. The van der Waals surface area contributed by atoms with E-state index in [4.69, 9.17) is 10.00 Å². The van der Waals surface area contributed by atoms with E-state index in [1.165, 1.54) is 0 Å². The number of amides is 2. The molecule has 0 bridgehead atoms. The lowest BCUT2D eigenvalue weighted by atomic mass is 10.2. The molecule has 0 unspecified atom stereocenters. The number of hydrogen-bond donors (Lipinski definition) is 1. The van der Waals surface area contributed by atoms with E-state index < -0.39 is 0 Å². The predicted molar refractivity (Wildman–Crippen MR) is 104 cm³/mol. The molecule has 1 fully saturated rings. The van der Waals surface area contributed by atoms with Gasteiger partial charge >= 0.3 is 6.09 Å². The van der Waals surface area contributed by atoms with E-state index in [-0.39, 0.29) is 12.0 Å². The maximum atomic E-state index is 12.5. The summed E-state index contributed by atoms with van der Waals surface area (Å²) in [4.78, 5) is 32.2. The number of benzene rings is 1. The zero-order chi connectivity index (χ0) is 19.9. The van der Waals surface area contributed by atoms with Gasteiger partial charge in [0.1, 0.15) is 5.69 Å². The van der Waals surface area contributed by atoms with Gasteiger partial charge in [-0.05, 0) is 43.3 Å². The number of pyridine rings is 1. The second-order valence-corrected chi connectivity index (χ2v) is 6.22. The van der Waals surface area contributed by atoms with Crippen molar-refractivity contribution in [1.29, 1.82) is 5.26 Å². The van der Waals surface area contributed by atoms with Gasteiger partial charge in [-0.1, -0.05) is 0 Å². The lowest BCUT2D eigenvalue weighted by Crippen LogP contribution is -2.49. The second kappa shape index (κ2) is 8.86. The topological polar surface area (TPSA) is 98.6 Å². The Morgan fingerprint density at radius 2 is 1.89 bits per heavy atom. The van der Waals surface area contributed by atoms with Crippen LogP contribution in [0.5, 0.6) is 0 Å². The number of carbonyl (C=O) groups is 2. The zero-order valence-electron chi connectivity index (χ0n) is 15.6. The maximum Gasteiger partial charge on any atom is 0.409 e. The number of aromatic nitrogens is 1. The van der Waals surface area contributed by atoms with Gasteiger partial charge in [0.2, 0.25) is 0 Å². The summed E-state index contributed by atoms with van der Waals surface area (Å²) in [5.41, 5.74) is 2.30. The second-order valence-electron chi connectivity index (χ2n) is 6.22. The number of carbonyl (C=O) groups excluding carboxylic acids is 2. The van der Waals surface area contributed by atoms with Gasteiger partial charge in [0.15, 0.2) is 0 Å². The Balaban J connectivity index is 1.63. The highest BCUT2D eigenvalue weighted by Gasteiger charge is 2.22. The number of nitrogens with zero attached hydrogens (tertiary/aromatic N) is 4. The molecular formula is C20H21N5O3. The molecule has 8 heteroatoms. The van der Waals surface area contributed by atoms with Crippen LogP contribution < -0.4 is 10.2 Å². The Hall–Kier alpha value is -3.60. The van der Waals surface area contributed by atoms with Gasteiger partial charge in [0, 0.05) is 43.8 Å². The molecule has 28 heavy (non-hydrogen) atoms. The lowest BCUT2D eigenvalue weighted by molar-refractivity contribution is 0.102. The summed E-state index contributed by atoms with van der Waals surface area (Å²) in [5, 5.41) is 11.6. The molecule has 0 atom stereocenters. The summed E-state index contributed by atoms with van der Waals surface area (Å²) in [6.45, 7) is 4.58. The standard InChI is InChI=1S/C20H21N5O3/c1-2-28-20(27)25-11-9-24(10-12-25)17-7-8-22-18(13-17)19(26)23-16-5-3-15(14-21)4-6-16/h3-8,13H,2,9-12H2,1H3,(H,23,26). The summed E-state index contributed by atoms with van der Waals surface area (Å²) in [7, 11) is 0. The normalized spacial score (nSPS) is 13.6. The Morgan fingerprint density at radius 1 is 1.18 bits per heavy atom. The molecule has 2 heterocycles. The molecule has 2 aromatic rings. The highest BCUT2D eigenvalue weighted by Crippen LogP contribution is 2.18. The molecule has 1 saturated heterocycles. The van der Waals surface area contributed by atoms with Crippen LogP contribution in [0.25, 0.3) is 0 Å². The van der Waals surface area contributed by atoms with Crippen molar-refractivity contribution >= 4 is 23.4 Å². The highest BCUT2D eigenvalue weighted by molar-refractivity contribution is 6.03.